The summed E-state index contributed by atoms with van der Waals surface area (Å²) in [5.74, 6) is 1.06. The Labute approximate surface area is 247 Å². The second kappa shape index (κ2) is 12.6. The SMILES string of the molecule is COC(=O)c1c(-c2cc(OC)c(OC)c(OC)c2)c2cc(OC)c(OCc3ccccn3)cc2c(=O)n1-c1ccccc1. The smallest absolute Gasteiger partial charge is 0.355 e. The molecule has 43 heavy (non-hydrogen) atoms. The first-order chi connectivity index (χ1) is 20.9. The van der Waals surface area contributed by atoms with E-state index in [-0.39, 0.29) is 17.7 Å². The van der Waals surface area contributed by atoms with E-state index in [9.17, 15) is 9.59 Å². The lowest BCUT2D eigenvalue weighted by molar-refractivity contribution is 0.0591. The van der Waals surface area contributed by atoms with Crippen LogP contribution in [0.15, 0.2) is 83.8 Å². The van der Waals surface area contributed by atoms with Crippen molar-refractivity contribution in [2.24, 2.45) is 0 Å². The van der Waals surface area contributed by atoms with Gasteiger partial charge in [0.15, 0.2) is 23.0 Å². The zero-order valence-electron chi connectivity index (χ0n) is 24.4. The number of hydrogen-bond donors (Lipinski definition) is 0. The molecule has 0 aliphatic carbocycles. The molecule has 0 unspecified atom stereocenters. The molecule has 10 nitrogen and oxygen atoms in total. The molecule has 0 bridgehead atoms. The van der Waals surface area contributed by atoms with E-state index in [4.69, 9.17) is 28.4 Å². The summed E-state index contributed by atoms with van der Waals surface area (Å²) >= 11 is 0. The first kappa shape index (κ1) is 29.0. The topological polar surface area (TPSA) is 107 Å². The fraction of sp³-hybridized carbons (Fsp3) is 0.182. The zero-order valence-corrected chi connectivity index (χ0v) is 24.4. The predicted octanol–water partition coefficient (Wildman–Crippen LogP) is 5.45. The number of nitrogens with zero attached hydrogens (tertiary/aromatic N) is 2. The summed E-state index contributed by atoms with van der Waals surface area (Å²) in [5.41, 5.74) is 1.61. The molecule has 0 atom stereocenters. The molecule has 2 heterocycles. The highest BCUT2D eigenvalue weighted by molar-refractivity contribution is 6.08. The van der Waals surface area contributed by atoms with Gasteiger partial charge < -0.3 is 28.4 Å². The van der Waals surface area contributed by atoms with Crippen molar-refractivity contribution in [3.05, 3.63) is 101 Å². The van der Waals surface area contributed by atoms with Gasteiger partial charge in [0.05, 0.1) is 46.6 Å². The van der Waals surface area contributed by atoms with E-state index in [1.807, 2.05) is 24.3 Å². The van der Waals surface area contributed by atoms with Crippen LogP contribution in [-0.4, -0.2) is 51.1 Å². The predicted molar refractivity (Wildman–Crippen MR) is 161 cm³/mol. The molecule has 0 saturated carbocycles. The minimum atomic E-state index is -0.721. The van der Waals surface area contributed by atoms with Gasteiger partial charge in [0.25, 0.3) is 5.56 Å². The summed E-state index contributed by atoms with van der Waals surface area (Å²) in [4.78, 5) is 32.2. The standard InChI is InChI=1S/C33H30N2O8/c1-38-25-17-23-24(18-26(25)43-19-21-11-9-10-14-34-21)32(36)35(22-12-7-6-8-13-22)30(33(37)42-5)29(23)20-15-27(39-2)31(41-4)28(16-20)40-3/h6-18H,19H2,1-5H3. The highest BCUT2D eigenvalue weighted by atomic mass is 16.5. The van der Waals surface area contributed by atoms with Crippen molar-refractivity contribution in [2.75, 3.05) is 35.5 Å². The Balaban J connectivity index is 1.90. The van der Waals surface area contributed by atoms with Crippen LogP contribution in [0.5, 0.6) is 28.7 Å². The average Bonchev–Trinajstić information content (AvgIpc) is 3.06. The summed E-state index contributed by atoms with van der Waals surface area (Å²) in [6, 6.07) is 21.1. The molecule has 0 aliphatic rings. The lowest BCUT2D eigenvalue weighted by Gasteiger charge is -2.21. The molecule has 3 aromatic carbocycles. The molecule has 2 aromatic heterocycles. The number of carbonyl (C=O) groups excluding carboxylic acids is 1. The van der Waals surface area contributed by atoms with Crippen molar-refractivity contribution in [1.82, 2.24) is 9.55 Å². The molecule has 0 amide bonds. The number of pyridine rings is 2. The van der Waals surface area contributed by atoms with E-state index in [0.717, 1.165) is 0 Å². The second-order valence-electron chi connectivity index (χ2n) is 9.26. The minimum Gasteiger partial charge on any atom is -0.493 e. The van der Waals surface area contributed by atoms with E-state index >= 15 is 0 Å². The van der Waals surface area contributed by atoms with E-state index in [2.05, 4.69) is 4.98 Å². The van der Waals surface area contributed by atoms with E-state index in [0.29, 0.717) is 56.6 Å². The maximum Gasteiger partial charge on any atom is 0.355 e. The molecular formula is C33H30N2O8. The van der Waals surface area contributed by atoms with Gasteiger partial charge in [-0.3, -0.25) is 14.3 Å². The maximum atomic E-state index is 14.3. The average molecular weight is 583 g/mol. The van der Waals surface area contributed by atoms with Crippen LogP contribution in [0.1, 0.15) is 16.2 Å². The Morgan fingerprint density at radius 1 is 0.744 bits per heavy atom. The van der Waals surface area contributed by atoms with Crippen LogP contribution in [0.4, 0.5) is 0 Å². The van der Waals surface area contributed by atoms with Gasteiger partial charge in [-0.05, 0) is 54.1 Å². The molecule has 5 aromatic rings. The normalized spacial score (nSPS) is 10.7. The molecule has 0 aliphatic heterocycles. The van der Waals surface area contributed by atoms with Gasteiger partial charge in [0, 0.05) is 22.8 Å². The number of para-hydroxylation sites is 1. The third-order valence-electron chi connectivity index (χ3n) is 6.92. The number of aromatic nitrogens is 2. The van der Waals surface area contributed by atoms with Crippen LogP contribution in [0.25, 0.3) is 27.6 Å². The molecular weight excluding hydrogens is 552 g/mol. The Kier molecular flexibility index (Phi) is 8.47. The number of ether oxygens (including phenoxy) is 6. The lowest BCUT2D eigenvalue weighted by Crippen LogP contribution is -2.27. The first-order valence-electron chi connectivity index (χ1n) is 13.2. The number of hydrogen-bond acceptors (Lipinski definition) is 9. The number of fused-ring (bicyclic) bond motifs is 1. The summed E-state index contributed by atoms with van der Waals surface area (Å²) < 4.78 is 35.1. The molecule has 0 radical (unpaired) electrons. The van der Waals surface area contributed by atoms with Crippen molar-refractivity contribution >= 4 is 16.7 Å². The van der Waals surface area contributed by atoms with Crippen molar-refractivity contribution in [2.45, 2.75) is 6.61 Å². The molecule has 5 rings (SSSR count). The van der Waals surface area contributed by atoms with Gasteiger partial charge >= 0.3 is 5.97 Å². The van der Waals surface area contributed by atoms with E-state index < -0.39 is 11.5 Å². The Morgan fingerprint density at radius 2 is 1.40 bits per heavy atom. The third-order valence-corrected chi connectivity index (χ3v) is 6.92. The Hall–Kier alpha value is -5.51. The quantitative estimate of drug-likeness (QED) is 0.199. The molecule has 0 saturated heterocycles. The number of benzene rings is 3. The second-order valence-corrected chi connectivity index (χ2v) is 9.26. The minimum absolute atomic E-state index is 0.00433. The van der Waals surface area contributed by atoms with Crippen LogP contribution < -0.4 is 29.2 Å². The number of carbonyl (C=O) groups is 1. The number of rotatable bonds is 10. The van der Waals surface area contributed by atoms with E-state index in [1.165, 1.54) is 40.1 Å². The fourth-order valence-corrected chi connectivity index (χ4v) is 4.94. The highest BCUT2D eigenvalue weighted by Gasteiger charge is 2.28. The van der Waals surface area contributed by atoms with Crippen molar-refractivity contribution < 1.29 is 33.2 Å². The number of esters is 1. The summed E-state index contributed by atoms with van der Waals surface area (Å²) in [5, 5.41) is 0.700. The van der Waals surface area contributed by atoms with Gasteiger partial charge in [-0.2, -0.15) is 0 Å². The number of methoxy groups -OCH3 is 5. The van der Waals surface area contributed by atoms with Gasteiger partial charge in [-0.15, -0.1) is 0 Å². The molecule has 220 valence electrons. The summed E-state index contributed by atoms with van der Waals surface area (Å²) in [6.45, 7) is 0.148. The van der Waals surface area contributed by atoms with E-state index in [1.54, 1.807) is 54.7 Å². The van der Waals surface area contributed by atoms with Crippen molar-refractivity contribution in [1.29, 1.82) is 0 Å². The Bertz CT molecular complexity index is 1810. The van der Waals surface area contributed by atoms with Crippen LogP contribution in [-0.2, 0) is 11.3 Å². The lowest BCUT2D eigenvalue weighted by atomic mass is 9.95. The summed E-state index contributed by atoms with van der Waals surface area (Å²) in [7, 11) is 7.27. The van der Waals surface area contributed by atoms with Gasteiger partial charge in [0.2, 0.25) is 5.75 Å². The van der Waals surface area contributed by atoms with Gasteiger partial charge in [0.1, 0.15) is 12.3 Å². The van der Waals surface area contributed by atoms with Crippen LogP contribution >= 0.6 is 0 Å². The molecule has 0 fully saturated rings. The maximum absolute atomic E-state index is 14.3. The third kappa shape index (κ3) is 5.42. The summed E-state index contributed by atoms with van der Waals surface area (Å²) in [6.07, 6.45) is 1.67. The van der Waals surface area contributed by atoms with Crippen LogP contribution in [0.2, 0.25) is 0 Å². The van der Waals surface area contributed by atoms with Crippen molar-refractivity contribution in [3.8, 4) is 45.6 Å². The molecule has 0 N–H and O–H groups in total. The monoisotopic (exact) mass is 582 g/mol. The first-order valence-corrected chi connectivity index (χ1v) is 13.2. The molecule has 0 spiro atoms. The largest absolute Gasteiger partial charge is 0.493 e. The van der Waals surface area contributed by atoms with Gasteiger partial charge in [-0.1, -0.05) is 24.3 Å². The van der Waals surface area contributed by atoms with Crippen LogP contribution in [0, 0.1) is 0 Å². The van der Waals surface area contributed by atoms with Crippen molar-refractivity contribution in [3.63, 3.8) is 0 Å². The fourth-order valence-electron chi connectivity index (χ4n) is 4.94. The molecule has 10 heteroatoms. The van der Waals surface area contributed by atoms with Gasteiger partial charge in [-0.25, -0.2) is 4.79 Å². The highest BCUT2D eigenvalue weighted by Crippen LogP contribution is 2.45. The van der Waals surface area contributed by atoms with Crippen LogP contribution in [0.3, 0.4) is 0 Å². The Morgan fingerprint density at radius 3 is 1.98 bits per heavy atom. The zero-order chi connectivity index (χ0) is 30.5.